The van der Waals surface area contributed by atoms with E-state index >= 15 is 0 Å². The molecule has 22 heavy (non-hydrogen) atoms. The Hall–Kier alpha value is -1.15. The molecule has 0 saturated heterocycles. The van der Waals surface area contributed by atoms with Gasteiger partial charge in [0.25, 0.3) is 0 Å². The van der Waals surface area contributed by atoms with Crippen molar-refractivity contribution in [1.29, 1.82) is 0 Å². The molecule has 0 amide bonds. The van der Waals surface area contributed by atoms with Gasteiger partial charge >= 0.3 is 0 Å². The van der Waals surface area contributed by atoms with Crippen molar-refractivity contribution in [3.05, 3.63) is 36.0 Å². The van der Waals surface area contributed by atoms with E-state index in [0.717, 1.165) is 31.1 Å². The Labute approximate surface area is 134 Å². The fourth-order valence-electron chi connectivity index (χ4n) is 5.32. The van der Waals surface area contributed by atoms with Crippen LogP contribution in [0.5, 0.6) is 0 Å². The first-order valence-electron chi connectivity index (χ1n) is 8.52. The van der Waals surface area contributed by atoms with E-state index in [1.54, 1.807) is 0 Å². The Kier molecular flexibility index (Phi) is 3.71. The van der Waals surface area contributed by atoms with Crippen molar-refractivity contribution in [2.75, 3.05) is 0 Å². The molecule has 0 aromatic rings. The van der Waals surface area contributed by atoms with Gasteiger partial charge in [-0.25, -0.2) is 0 Å². The highest BCUT2D eigenvalue weighted by atomic mass is 16.3. The molecule has 2 nitrogen and oxygen atoms in total. The number of aldehydes is 1. The third kappa shape index (κ3) is 2.32. The zero-order chi connectivity index (χ0) is 16.1. The number of rotatable bonds is 3. The summed E-state index contributed by atoms with van der Waals surface area (Å²) in [6.45, 7) is 10.5. The van der Waals surface area contributed by atoms with Crippen LogP contribution in [-0.4, -0.2) is 17.0 Å². The molecule has 1 N–H and O–H groups in total. The molecule has 120 valence electrons. The van der Waals surface area contributed by atoms with Gasteiger partial charge in [-0.1, -0.05) is 37.3 Å². The van der Waals surface area contributed by atoms with Gasteiger partial charge < -0.3 is 5.11 Å². The van der Waals surface area contributed by atoms with Crippen molar-refractivity contribution < 1.29 is 9.90 Å². The van der Waals surface area contributed by atoms with Crippen LogP contribution in [0.2, 0.25) is 0 Å². The Balaban J connectivity index is 1.86. The van der Waals surface area contributed by atoms with Gasteiger partial charge in [-0.15, -0.1) is 0 Å². The van der Waals surface area contributed by atoms with Gasteiger partial charge in [-0.05, 0) is 74.2 Å². The summed E-state index contributed by atoms with van der Waals surface area (Å²) in [5.74, 6) is 2.03. The summed E-state index contributed by atoms with van der Waals surface area (Å²) in [5.41, 5.74) is 1.72. The van der Waals surface area contributed by atoms with E-state index in [1.165, 1.54) is 12.0 Å². The maximum atomic E-state index is 10.9. The Morgan fingerprint density at radius 3 is 2.73 bits per heavy atom. The fraction of sp³-hybridized carbons (Fsp3) is 0.650. The smallest absolute Gasteiger partial charge is 0.145 e. The molecule has 0 heterocycles. The Morgan fingerprint density at radius 2 is 2.05 bits per heavy atom. The van der Waals surface area contributed by atoms with Crippen LogP contribution in [0.4, 0.5) is 0 Å². The molecule has 3 saturated carbocycles. The predicted molar refractivity (Wildman–Crippen MR) is 89.3 cm³/mol. The maximum Gasteiger partial charge on any atom is 0.145 e. The highest BCUT2D eigenvalue weighted by molar-refractivity contribution is 5.72. The zero-order valence-corrected chi connectivity index (χ0v) is 14.0. The monoisotopic (exact) mass is 300 g/mol. The fourth-order valence-corrected chi connectivity index (χ4v) is 5.32. The Bertz CT molecular complexity index is 554. The number of hydrogen-bond acceptors (Lipinski definition) is 2. The molecule has 0 aromatic heterocycles. The van der Waals surface area contributed by atoms with Crippen molar-refractivity contribution in [3.63, 3.8) is 0 Å². The number of fused-ring (bicyclic) bond motifs is 3. The van der Waals surface area contributed by atoms with Gasteiger partial charge in [-0.3, -0.25) is 4.79 Å². The molecule has 0 aliphatic heterocycles. The van der Waals surface area contributed by atoms with E-state index in [1.807, 2.05) is 26.0 Å². The molecule has 3 aliphatic rings. The quantitative estimate of drug-likeness (QED) is 0.369. The normalized spacial score (nSPS) is 48.0. The highest BCUT2D eigenvalue weighted by Gasteiger charge is 2.68. The second-order valence-corrected chi connectivity index (χ2v) is 8.11. The number of carbonyl (C=O) groups excluding carboxylic acids is 1. The summed E-state index contributed by atoms with van der Waals surface area (Å²) in [6.07, 6.45) is 11.4. The van der Waals surface area contributed by atoms with Crippen LogP contribution in [0.1, 0.15) is 46.5 Å². The second kappa shape index (κ2) is 5.19. The lowest BCUT2D eigenvalue weighted by atomic mass is 9.77. The molecule has 3 rings (SSSR count). The molecule has 6 atom stereocenters. The van der Waals surface area contributed by atoms with Gasteiger partial charge in [0.1, 0.15) is 6.29 Å². The molecule has 0 bridgehead atoms. The minimum absolute atomic E-state index is 0.164. The molecule has 3 fully saturated rings. The molecule has 3 aliphatic carbocycles. The second-order valence-electron chi connectivity index (χ2n) is 8.11. The third-order valence-corrected chi connectivity index (χ3v) is 6.64. The number of hydrogen-bond donors (Lipinski definition) is 1. The lowest BCUT2D eigenvalue weighted by Gasteiger charge is -2.31. The number of aliphatic hydroxyl groups is 1. The van der Waals surface area contributed by atoms with Crippen LogP contribution in [0.3, 0.4) is 0 Å². The average molecular weight is 300 g/mol. The van der Waals surface area contributed by atoms with Crippen LogP contribution < -0.4 is 0 Å². The molecule has 0 radical (unpaired) electrons. The van der Waals surface area contributed by atoms with Gasteiger partial charge in [0.05, 0.1) is 5.60 Å². The topological polar surface area (TPSA) is 37.3 Å². The van der Waals surface area contributed by atoms with Crippen LogP contribution in [0.15, 0.2) is 36.0 Å². The van der Waals surface area contributed by atoms with Crippen LogP contribution in [0.25, 0.3) is 0 Å². The van der Waals surface area contributed by atoms with E-state index in [-0.39, 0.29) is 5.41 Å². The largest absolute Gasteiger partial charge is 0.390 e. The van der Waals surface area contributed by atoms with E-state index in [9.17, 15) is 9.90 Å². The first kappa shape index (κ1) is 15.7. The average Bonchev–Trinajstić information content (AvgIpc) is 2.95. The van der Waals surface area contributed by atoms with Crippen LogP contribution in [0, 0.1) is 29.1 Å². The van der Waals surface area contributed by atoms with Crippen molar-refractivity contribution in [2.24, 2.45) is 29.1 Å². The van der Waals surface area contributed by atoms with Crippen LogP contribution in [-0.2, 0) is 4.79 Å². The number of allylic oxidation sites excluding steroid dienone is 5. The minimum atomic E-state index is -0.555. The molecule has 2 heteroatoms. The summed E-state index contributed by atoms with van der Waals surface area (Å²) in [4.78, 5) is 10.7. The third-order valence-electron chi connectivity index (χ3n) is 6.64. The SMILES string of the molecule is C=C1CC[C@@H]2[C@H]([C@H]3[C@H]1CC[C@]3(C)O)[C@@]2(C)C=CC=C(C)C=O. The standard InChI is InChI=1S/C20H28O2/c1-13(12-21)6-5-10-19(3)16-8-7-14(2)15-9-11-20(4,22)17(15)18(16)19/h5-6,10,12,15-18,22H,2,7-9,11H2,1,3-4H3/t15-,16+,17+,18+,19-,20-/m0/s1. The summed E-state index contributed by atoms with van der Waals surface area (Å²) >= 11 is 0. The van der Waals surface area contributed by atoms with Gasteiger partial charge in [-0.2, -0.15) is 0 Å². The van der Waals surface area contributed by atoms with Crippen molar-refractivity contribution in [2.45, 2.75) is 52.1 Å². The molecule has 0 spiro atoms. The predicted octanol–water partition coefficient (Wildman–Crippen LogP) is 4.07. The van der Waals surface area contributed by atoms with Gasteiger partial charge in [0.2, 0.25) is 0 Å². The first-order valence-corrected chi connectivity index (χ1v) is 8.52. The maximum absolute atomic E-state index is 10.9. The minimum Gasteiger partial charge on any atom is -0.390 e. The molecular weight excluding hydrogens is 272 g/mol. The van der Waals surface area contributed by atoms with Crippen molar-refractivity contribution >= 4 is 6.29 Å². The van der Waals surface area contributed by atoms with Crippen molar-refractivity contribution in [1.82, 2.24) is 0 Å². The molecule has 0 unspecified atom stereocenters. The van der Waals surface area contributed by atoms with Crippen molar-refractivity contribution in [3.8, 4) is 0 Å². The number of carbonyl (C=O) groups is 1. The van der Waals surface area contributed by atoms with E-state index < -0.39 is 5.60 Å². The lowest BCUT2D eigenvalue weighted by Crippen LogP contribution is -2.35. The van der Waals surface area contributed by atoms with Crippen LogP contribution >= 0.6 is 0 Å². The van der Waals surface area contributed by atoms with Gasteiger partial charge in [0, 0.05) is 0 Å². The summed E-state index contributed by atoms with van der Waals surface area (Å²) < 4.78 is 0. The van der Waals surface area contributed by atoms with E-state index in [4.69, 9.17) is 0 Å². The first-order chi connectivity index (χ1) is 10.3. The summed E-state index contributed by atoms with van der Waals surface area (Å²) in [5, 5.41) is 10.9. The summed E-state index contributed by atoms with van der Waals surface area (Å²) in [6, 6.07) is 0. The Morgan fingerprint density at radius 1 is 1.32 bits per heavy atom. The summed E-state index contributed by atoms with van der Waals surface area (Å²) in [7, 11) is 0. The van der Waals surface area contributed by atoms with Gasteiger partial charge in [0.15, 0.2) is 0 Å². The van der Waals surface area contributed by atoms with E-state index in [0.29, 0.717) is 23.7 Å². The lowest BCUT2D eigenvalue weighted by molar-refractivity contribution is -0.104. The molecular formula is C20H28O2. The van der Waals surface area contributed by atoms with E-state index in [2.05, 4.69) is 19.6 Å². The highest BCUT2D eigenvalue weighted by Crippen LogP contribution is 2.72. The zero-order valence-electron chi connectivity index (χ0n) is 14.0. The molecule has 0 aromatic carbocycles.